The summed E-state index contributed by atoms with van der Waals surface area (Å²) in [6, 6.07) is 8.44. The quantitative estimate of drug-likeness (QED) is 0.563. The molecular formula is C14H21N3S. The lowest BCUT2D eigenvalue weighted by Gasteiger charge is -2.17. The first-order valence-electron chi connectivity index (χ1n) is 6.67. The third-order valence-corrected chi connectivity index (χ3v) is 3.47. The van der Waals surface area contributed by atoms with Gasteiger partial charge in [-0.25, -0.2) is 0 Å². The lowest BCUT2D eigenvalue weighted by atomic mass is 10.1. The Morgan fingerprint density at radius 3 is 3.06 bits per heavy atom. The molecule has 0 spiro atoms. The van der Waals surface area contributed by atoms with Crippen molar-refractivity contribution in [1.29, 1.82) is 0 Å². The highest BCUT2D eigenvalue weighted by Crippen LogP contribution is 2.22. The van der Waals surface area contributed by atoms with E-state index in [0.29, 0.717) is 0 Å². The second-order valence-corrected chi connectivity index (χ2v) is 5.03. The van der Waals surface area contributed by atoms with Crippen molar-refractivity contribution in [3.63, 3.8) is 0 Å². The summed E-state index contributed by atoms with van der Waals surface area (Å²) >= 11 is 5.31. The predicted octanol–water partition coefficient (Wildman–Crippen LogP) is 2.44. The van der Waals surface area contributed by atoms with Gasteiger partial charge in [-0.3, -0.25) is 5.32 Å². The highest BCUT2D eigenvalue weighted by Gasteiger charge is 2.21. The first-order chi connectivity index (χ1) is 8.81. The minimum atomic E-state index is 0.146. The topological polar surface area (TPSA) is 36.1 Å². The normalized spacial score (nSPS) is 17.3. The van der Waals surface area contributed by atoms with Crippen molar-refractivity contribution >= 4 is 17.3 Å². The molecule has 1 unspecified atom stereocenters. The number of unbranched alkanes of at least 4 members (excludes halogenated alkanes) is 2. The van der Waals surface area contributed by atoms with Crippen molar-refractivity contribution in [1.82, 2.24) is 16.0 Å². The molecule has 18 heavy (non-hydrogen) atoms. The fraction of sp³-hybridized carbons (Fsp3) is 0.500. The second-order valence-electron chi connectivity index (χ2n) is 4.62. The highest BCUT2D eigenvalue weighted by molar-refractivity contribution is 7.80. The predicted molar refractivity (Wildman–Crippen MR) is 79.3 cm³/mol. The van der Waals surface area contributed by atoms with E-state index in [1.165, 1.54) is 30.4 Å². The standard InChI is InChI=1S/C14H21N3S/c1-2-3-6-9-15-14(18)17-13-12-8-5-4-7-11(12)10-16-13/h4-5,7-8,13,16H,2-3,6,9-10H2,1H3,(H2,15,17,18). The Labute approximate surface area is 114 Å². The van der Waals surface area contributed by atoms with Crippen LogP contribution in [0.3, 0.4) is 0 Å². The third kappa shape index (κ3) is 3.43. The zero-order valence-corrected chi connectivity index (χ0v) is 11.6. The number of fused-ring (bicyclic) bond motifs is 1. The fourth-order valence-electron chi connectivity index (χ4n) is 2.19. The molecule has 0 bridgehead atoms. The molecule has 0 aliphatic carbocycles. The molecule has 1 aliphatic rings. The number of thiocarbonyl (C=S) groups is 1. The zero-order chi connectivity index (χ0) is 12.8. The molecule has 0 saturated carbocycles. The number of benzene rings is 1. The first kappa shape index (κ1) is 13.3. The molecule has 4 heteroatoms. The highest BCUT2D eigenvalue weighted by atomic mass is 32.1. The fourth-order valence-corrected chi connectivity index (χ4v) is 2.41. The Kier molecular flexibility index (Phi) is 4.96. The van der Waals surface area contributed by atoms with Crippen molar-refractivity contribution in [3.05, 3.63) is 35.4 Å². The van der Waals surface area contributed by atoms with Gasteiger partial charge in [0, 0.05) is 13.1 Å². The van der Waals surface area contributed by atoms with Crippen LogP contribution in [-0.4, -0.2) is 11.7 Å². The average Bonchev–Trinajstić information content (AvgIpc) is 2.78. The lowest BCUT2D eigenvalue weighted by Crippen LogP contribution is -2.41. The van der Waals surface area contributed by atoms with Gasteiger partial charge in [0.25, 0.3) is 0 Å². The molecule has 1 heterocycles. The van der Waals surface area contributed by atoms with Crippen molar-refractivity contribution in [2.75, 3.05) is 6.54 Å². The van der Waals surface area contributed by atoms with Crippen LogP contribution < -0.4 is 16.0 Å². The monoisotopic (exact) mass is 263 g/mol. The molecule has 0 radical (unpaired) electrons. The van der Waals surface area contributed by atoms with E-state index in [1.54, 1.807) is 0 Å². The molecule has 1 aliphatic heterocycles. The van der Waals surface area contributed by atoms with Gasteiger partial charge >= 0.3 is 0 Å². The summed E-state index contributed by atoms with van der Waals surface area (Å²) in [6.07, 6.45) is 3.80. The van der Waals surface area contributed by atoms with Crippen molar-refractivity contribution in [2.24, 2.45) is 0 Å². The van der Waals surface area contributed by atoms with Crippen LogP contribution in [0.4, 0.5) is 0 Å². The van der Waals surface area contributed by atoms with Gasteiger partial charge in [-0.1, -0.05) is 44.0 Å². The average molecular weight is 263 g/mol. The van der Waals surface area contributed by atoms with Crippen molar-refractivity contribution < 1.29 is 0 Å². The van der Waals surface area contributed by atoms with Crippen molar-refractivity contribution in [3.8, 4) is 0 Å². The van der Waals surface area contributed by atoms with Gasteiger partial charge in [0.1, 0.15) is 6.17 Å². The first-order valence-corrected chi connectivity index (χ1v) is 7.07. The Morgan fingerprint density at radius 2 is 2.22 bits per heavy atom. The van der Waals surface area contributed by atoms with E-state index in [4.69, 9.17) is 12.2 Å². The zero-order valence-electron chi connectivity index (χ0n) is 10.8. The third-order valence-electron chi connectivity index (χ3n) is 3.20. The van der Waals surface area contributed by atoms with E-state index >= 15 is 0 Å². The van der Waals surface area contributed by atoms with E-state index in [-0.39, 0.29) is 6.17 Å². The van der Waals surface area contributed by atoms with E-state index in [0.717, 1.165) is 18.2 Å². The molecule has 0 amide bonds. The van der Waals surface area contributed by atoms with Crippen LogP contribution in [0.15, 0.2) is 24.3 Å². The molecule has 3 N–H and O–H groups in total. The SMILES string of the molecule is CCCCCNC(=S)NC1NCc2ccccc21. The van der Waals surface area contributed by atoms with Crippen LogP contribution in [0.5, 0.6) is 0 Å². The molecule has 98 valence electrons. The summed E-state index contributed by atoms with van der Waals surface area (Å²) in [6.45, 7) is 4.07. The molecule has 1 aromatic carbocycles. The molecule has 2 rings (SSSR count). The summed E-state index contributed by atoms with van der Waals surface area (Å²) < 4.78 is 0. The Hall–Kier alpha value is -1.13. The minimum absolute atomic E-state index is 0.146. The van der Waals surface area contributed by atoms with E-state index in [2.05, 4.69) is 47.1 Å². The Bertz CT molecular complexity index is 406. The molecule has 0 aromatic heterocycles. The molecule has 3 nitrogen and oxygen atoms in total. The maximum Gasteiger partial charge on any atom is 0.167 e. The van der Waals surface area contributed by atoms with Crippen LogP contribution in [-0.2, 0) is 6.54 Å². The number of hydrogen-bond donors (Lipinski definition) is 3. The number of hydrogen-bond acceptors (Lipinski definition) is 2. The maximum atomic E-state index is 5.31. The number of rotatable bonds is 5. The molecule has 1 atom stereocenters. The molecule has 0 fully saturated rings. The molecule has 1 aromatic rings. The van der Waals surface area contributed by atoms with Gasteiger partial charge in [0.2, 0.25) is 0 Å². The summed E-state index contributed by atoms with van der Waals surface area (Å²) in [5, 5.41) is 10.7. The molecular weight excluding hydrogens is 242 g/mol. The second kappa shape index (κ2) is 6.71. The van der Waals surface area contributed by atoms with Crippen LogP contribution >= 0.6 is 12.2 Å². The summed E-state index contributed by atoms with van der Waals surface area (Å²) in [7, 11) is 0. The Morgan fingerprint density at radius 1 is 1.39 bits per heavy atom. The summed E-state index contributed by atoms with van der Waals surface area (Å²) in [5.41, 5.74) is 2.65. The van der Waals surface area contributed by atoms with E-state index in [9.17, 15) is 0 Å². The Balaban J connectivity index is 1.79. The van der Waals surface area contributed by atoms with Gasteiger partial charge in [-0.15, -0.1) is 0 Å². The number of nitrogens with one attached hydrogen (secondary N) is 3. The lowest BCUT2D eigenvalue weighted by molar-refractivity contribution is 0.545. The van der Waals surface area contributed by atoms with Crippen molar-refractivity contribution in [2.45, 2.75) is 38.9 Å². The maximum absolute atomic E-state index is 5.31. The minimum Gasteiger partial charge on any atom is -0.363 e. The van der Waals surface area contributed by atoms with Crippen LogP contribution in [0, 0.1) is 0 Å². The van der Waals surface area contributed by atoms with Gasteiger partial charge in [-0.05, 0) is 29.8 Å². The van der Waals surface area contributed by atoms with Crippen LogP contribution in [0.1, 0.15) is 43.5 Å². The van der Waals surface area contributed by atoms with Gasteiger partial charge < -0.3 is 10.6 Å². The van der Waals surface area contributed by atoms with Gasteiger partial charge in [0.05, 0.1) is 0 Å². The van der Waals surface area contributed by atoms with E-state index < -0.39 is 0 Å². The van der Waals surface area contributed by atoms with Gasteiger partial charge in [0.15, 0.2) is 5.11 Å². The smallest absolute Gasteiger partial charge is 0.167 e. The largest absolute Gasteiger partial charge is 0.363 e. The van der Waals surface area contributed by atoms with Gasteiger partial charge in [-0.2, -0.15) is 0 Å². The summed E-state index contributed by atoms with van der Waals surface area (Å²) in [4.78, 5) is 0. The van der Waals surface area contributed by atoms with Crippen LogP contribution in [0.2, 0.25) is 0 Å². The summed E-state index contributed by atoms with van der Waals surface area (Å²) in [5.74, 6) is 0. The van der Waals surface area contributed by atoms with Crippen LogP contribution in [0.25, 0.3) is 0 Å². The molecule has 0 saturated heterocycles. The van der Waals surface area contributed by atoms with E-state index in [1.807, 2.05) is 0 Å².